The summed E-state index contributed by atoms with van der Waals surface area (Å²) in [6.07, 6.45) is 5.82. The van der Waals surface area contributed by atoms with Gasteiger partial charge in [-0.2, -0.15) is 0 Å². The summed E-state index contributed by atoms with van der Waals surface area (Å²) in [6, 6.07) is 1.94. The zero-order valence-electron chi connectivity index (χ0n) is 10.1. The molecule has 0 unspecified atom stereocenters. The second kappa shape index (κ2) is 5.62. The Morgan fingerprint density at radius 2 is 2.06 bits per heavy atom. The number of aromatic nitrogens is 1. The van der Waals surface area contributed by atoms with Crippen molar-refractivity contribution in [2.75, 3.05) is 5.32 Å². The third-order valence-electron chi connectivity index (χ3n) is 3.02. The summed E-state index contributed by atoms with van der Waals surface area (Å²) in [5.74, 6) is -1.25. The molecule has 0 atom stereocenters. The van der Waals surface area contributed by atoms with Gasteiger partial charge in [-0.3, -0.25) is 14.6 Å². The lowest BCUT2D eigenvalue weighted by Crippen LogP contribution is -2.14. The van der Waals surface area contributed by atoms with E-state index in [1.807, 2.05) is 6.07 Å². The van der Waals surface area contributed by atoms with E-state index >= 15 is 0 Å². The number of nitrogens with one attached hydrogen (secondary N) is 1. The molecule has 5 nitrogen and oxygen atoms in total. The van der Waals surface area contributed by atoms with E-state index in [1.54, 1.807) is 6.20 Å². The smallest absolute Gasteiger partial charge is 0.303 e. The molecule has 1 amide bonds. The molecular weight excluding hydrogens is 232 g/mol. The van der Waals surface area contributed by atoms with Gasteiger partial charge in [0.05, 0.1) is 18.3 Å². The van der Waals surface area contributed by atoms with Gasteiger partial charge >= 0.3 is 5.97 Å². The third-order valence-corrected chi connectivity index (χ3v) is 3.02. The molecule has 1 aliphatic rings. The van der Waals surface area contributed by atoms with Crippen LogP contribution in [-0.2, 0) is 22.4 Å². The van der Waals surface area contributed by atoms with Gasteiger partial charge in [-0.05, 0) is 37.3 Å². The minimum absolute atomic E-state index is 0.00752. The number of hydrogen-bond acceptors (Lipinski definition) is 3. The van der Waals surface area contributed by atoms with Crippen LogP contribution in [0.25, 0.3) is 0 Å². The third kappa shape index (κ3) is 3.29. The van der Waals surface area contributed by atoms with Gasteiger partial charge in [0.2, 0.25) is 5.91 Å². The standard InChI is InChI=1S/C13H16N2O3/c16-12(5-6-13(17)18)15-10-7-9-3-1-2-4-11(9)14-8-10/h7-8H,1-6H2,(H,15,16)(H,17,18). The first-order valence-corrected chi connectivity index (χ1v) is 6.14. The molecule has 0 saturated heterocycles. The Morgan fingerprint density at radius 1 is 1.28 bits per heavy atom. The quantitative estimate of drug-likeness (QED) is 0.851. The van der Waals surface area contributed by atoms with E-state index in [0.717, 1.165) is 25.0 Å². The first kappa shape index (κ1) is 12.5. The van der Waals surface area contributed by atoms with Crippen LogP contribution in [0.15, 0.2) is 12.3 Å². The Balaban J connectivity index is 1.97. The first-order chi connectivity index (χ1) is 8.65. The van der Waals surface area contributed by atoms with E-state index in [2.05, 4.69) is 10.3 Å². The average molecular weight is 248 g/mol. The van der Waals surface area contributed by atoms with Crippen molar-refractivity contribution in [1.29, 1.82) is 0 Å². The number of fused-ring (bicyclic) bond motifs is 1. The summed E-state index contributed by atoms with van der Waals surface area (Å²) >= 11 is 0. The van der Waals surface area contributed by atoms with Gasteiger partial charge in [-0.15, -0.1) is 0 Å². The predicted molar refractivity (Wildman–Crippen MR) is 66.4 cm³/mol. The van der Waals surface area contributed by atoms with E-state index in [4.69, 9.17) is 5.11 Å². The molecule has 5 heteroatoms. The number of amides is 1. The SMILES string of the molecule is O=C(O)CCC(=O)Nc1cnc2c(c1)CCCC2. The van der Waals surface area contributed by atoms with Gasteiger partial charge in [0.1, 0.15) is 0 Å². The van der Waals surface area contributed by atoms with Crippen molar-refractivity contribution in [3.05, 3.63) is 23.5 Å². The molecule has 0 fully saturated rings. The maximum atomic E-state index is 11.5. The van der Waals surface area contributed by atoms with Gasteiger partial charge in [-0.1, -0.05) is 0 Å². The van der Waals surface area contributed by atoms with Gasteiger partial charge < -0.3 is 10.4 Å². The number of carbonyl (C=O) groups excluding carboxylic acids is 1. The average Bonchev–Trinajstić information content (AvgIpc) is 2.36. The van der Waals surface area contributed by atoms with Crippen LogP contribution < -0.4 is 5.32 Å². The van der Waals surface area contributed by atoms with Crippen molar-refractivity contribution in [3.8, 4) is 0 Å². The number of carbonyl (C=O) groups is 2. The molecule has 0 aromatic carbocycles. The van der Waals surface area contributed by atoms with E-state index in [9.17, 15) is 9.59 Å². The van der Waals surface area contributed by atoms with Crippen LogP contribution in [0.5, 0.6) is 0 Å². The monoisotopic (exact) mass is 248 g/mol. The van der Waals surface area contributed by atoms with Crippen molar-refractivity contribution >= 4 is 17.6 Å². The molecule has 1 heterocycles. The van der Waals surface area contributed by atoms with E-state index in [1.165, 1.54) is 12.0 Å². The van der Waals surface area contributed by atoms with Gasteiger partial charge in [-0.25, -0.2) is 0 Å². The number of aryl methyl sites for hydroxylation is 2. The normalized spacial score (nSPS) is 13.8. The van der Waals surface area contributed by atoms with Gasteiger partial charge in [0, 0.05) is 12.1 Å². The molecule has 0 radical (unpaired) electrons. The minimum Gasteiger partial charge on any atom is -0.481 e. The summed E-state index contributed by atoms with van der Waals surface area (Å²) in [5.41, 5.74) is 2.97. The van der Waals surface area contributed by atoms with Crippen LogP contribution in [0.3, 0.4) is 0 Å². The maximum absolute atomic E-state index is 11.5. The molecule has 0 spiro atoms. The highest BCUT2D eigenvalue weighted by atomic mass is 16.4. The molecule has 1 aromatic heterocycles. The second-order valence-electron chi connectivity index (χ2n) is 4.48. The van der Waals surface area contributed by atoms with E-state index < -0.39 is 5.97 Å². The van der Waals surface area contributed by atoms with Gasteiger partial charge in [0.15, 0.2) is 0 Å². The van der Waals surface area contributed by atoms with Crippen molar-refractivity contribution in [2.24, 2.45) is 0 Å². The number of nitrogens with zero attached hydrogens (tertiary/aromatic N) is 1. The number of hydrogen-bond donors (Lipinski definition) is 2. The highest BCUT2D eigenvalue weighted by Crippen LogP contribution is 2.22. The molecule has 2 N–H and O–H groups in total. The van der Waals surface area contributed by atoms with E-state index in [-0.39, 0.29) is 18.7 Å². The predicted octanol–water partition coefficient (Wildman–Crippen LogP) is 1.76. The largest absolute Gasteiger partial charge is 0.481 e. The molecule has 96 valence electrons. The Bertz CT molecular complexity index is 471. The molecule has 18 heavy (non-hydrogen) atoms. The van der Waals surface area contributed by atoms with Crippen LogP contribution in [0.1, 0.15) is 36.9 Å². The Labute approximate surface area is 105 Å². The number of aliphatic carboxylic acids is 1. The topological polar surface area (TPSA) is 79.3 Å². The number of carboxylic acid groups (broad SMARTS) is 1. The highest BCUT2D eigenvalue weighted by molar-refractivity contribution is 5.92. The summed E-state index contributed by atoms with van der Waals surface area (Å²) in [5, 5.41) is 11.2. The maximum Gasteiger partial charge on any atom is 0.303 e. The number of carboxylic acids is 1. The Kier molecular flexibility index (Phi) is 3.92. The molecular formula is C13H16N2O3. The fraction of sp³-hybridized carbons (Fsp3) is 0.462. The van der Waals surface area contributed by atoms with Crippen LogP contribution >= 0.6 is 0 Å². The summed E-state index contributed by atoms with van der Waals surface area (Å²) in [7, 11) is 0. The zero-order valence-corrected chi connectivity index (χ0v) is 10.1. The first-order valence-electron chi connectivity index (χ1n) is 6.14. The molecule has 1 aliphatic carbocycles. The molecule has 1 aromatic rings. The molecule has 0 bridgehead atoms. The Hall–Kier alpha value is -1.91. The molecule has 2 rings (SSSR count). The van der Waals surface area contributed by atoms with Crippen molar-refractivity contribution in [2.45, 2.75) is 38.5 Å². The van der Waals surface area contributed by atoms with Gasteiger partial charge in [0.25, 0.3) is 0 Å². The van der Waals surface area contributed by atoms with Crippen molar-refractivity contribution in [3.63, 3.8) is 0 Å². The lowest BCUT2D eigenvalue weighted by molar-refractivity contribution is -0.138. The number of pyridine rings is 1. The number of anilines is 1. The van der Waals surface area contributed by atoms with Crippen LogP contribution in [0.2, 0.25) is 0 Å². The van der Waals surface area contributed by atoms with Crippen LogP contribution in [0, 0.1) is 0 Å². The highest BCUT2D eigenvalue weighted by Gasteiger charge is 2.12. The summed E-state index contributed by atoms with van der Waals surface area (Å²) < 4.78 is 0. The zero-order chi connectivity index (χ0) is 13.0. The lowest BCUT2D eigenvalue weighted by atomic mass is 9.96. The van der Waals surface area contributed by atoms with Crippen LogP contribution in [0.4, 0.5) is 5.69 Å². The fourth-order valence-electron chi connectivity index (χ4n) is 2.10. The summed E-state index contributed by atoms with van der Waals surface area (Å²) in [6.45, 7) is 0. The molecule has 0 aliphatic heterocycles. The number of rotatable bonds is 4. The van der Waals surface area contributed by atoms with E-state index in [0.29, 0.717) is 5.69 Å². The Morgan fingerprint density at radius 3 is 2.83 bits per heavy atom. The second-order valence-corrected chi connectivity index (χ2v) is 4.48. The minimum atomic E-state index is -0.964. The summed E-state index contributed by atoms with van der Waals surface area (Å²) in [4.78, 5) is 26.2. The van der Waals surface area contributed by atoms with Crippen molar-refractivity contribution < 1.29 is 14.7 Å². The lowest BCUT2D eigenvalue weighted by Gasteiger charge is -2.15. The van der Waals surface area contributed by atoms with Crippen LogP contribution in [-0.4, -0.2) is 22.0 Å². The fourth-order valence-corrected chi connectivity index (χ4v) is 2.10. The van der Waals surface area contributed by atoms with Crippen molar-refractivity contribution in [1.82, 2.24) is 4.98 Å². The molecule has 0 saturated carbocycles.